The molecular weight excluding hydrogens is 311 g/mol. The first-order chi connectivity index (χ1) is 11.6. The predicted molar refractivity (Wildman–Crippen MR) is 87.7 cm³/mol. The zero-order valence-electron chi connectivity index (χ0n) is 13.8. The molecule has 2 saturated heterocycles. The molecule has 5 nitrogen and oxygen atoms in total. The van der Waals surface area contributed by atoms with Gasteiger partial charge in [0.1, 0.15) is 5.82 Å². The minimum atomic E-state index is -0.269. The lowest BCUT2D eigenvalue weighted by molar-refractivity contribution is -0.151. The first-order valence-corrected chi connectivity index (χ1v) is 8.53. The number of nitrogens with one attached hydrogen (secondary N) is 1. The fourth-order valence-electron chi connectivity index (χ4n) is 3.39. The molecule has 1 aromatic rings. The number of piperidine rings is 1. The van der Waals surface area contributed by atoms with Crippen molar-refractivity contribution in [2.45, 2.75) is 19.4 Å². The van der Waals surface area contributed by atoms with Gasteiger partial charge >= 0.3 is 0 Å². The lowest BCUT2D eigenvalue weighted by Gasteiger charge is -2.44. The average Bonchev–Trinajstić information content (AvgIpc) is 2.58. The molecule has 0 spiro atoms. The summed E-state index contributed by atoms with van der Waals surface area (Å²) in [6.45, 7) is 4.43. The molecule has 132 valence electrons. The molecule has 0 radical (unpaired) electrons. The second-order valence-corrected chi connectivity index (χ2v) is 7.05. The molecule has 1 amide bonds. The van der Waals surface area contributed by atoms with E-state index in [-0.39, 0.29) is 29.7 Å². The van der Waals surface area contributed by atoms with Gasteiger partial charge in [0, 0.05) is 19.0 Å². The van der Waals surface area contributed by atoms with Crippen molar-refractivity contribution >= 4 is 5.91 Å². The fourth-order valence-corrected chi connectivity index (χ4v) is 3.39. The Morgan fingerprint density at radius 2 is 1.96 bits per heavy atom. The number of hydrogen-bond acceptors (Lipinski definition) is 4. The Kier molecular flexibility index (Phi) is 5.48. The number of nitrogens with zero attached hydrogens (tertiary/aromatic N) is 1. The van der Waals surface area contributed by atoms with E-state index in [1.807, 2.05) is 0 Å². The molecule has 1 aromatic carbocycles. The molecule has 2 N–H and O–H groups in total. The van der Waals surface area contributed by atoms with Crippen molar-refractivity contribution in [3.63, 3.8) is 0 Å². The Bertz CT molecular complexity index is 546. The summed E-state index contributed by atoms with van der Waals surface area (Å²) in [6, 6.07) is 6.18. The summed E-state index contributed by atoms with van der Waals surface area (Å²) in [6.07, 6.45) is 1.66. The summed E-state index contributed by atoms with van der Waals surface area (Å²) < 4.78 is 18.1. The maximum absolute atomic E-state index is 12.9. The van der Waals surface area contributed by atoms with Crippen LogP contribution in [0.3, 0.4) is 0 Å². The molecule has 3 rings (SSSR count). The fraction of sp³-hybridized carbons (Fsp3) is 0.611. The number of hydrogen-bond donors (Lipinski definition) is 2. The molecule has 2 fully saturated rings. The van der Waals surface area contributed by atoms with Gasteiger partial charge in [-0.3, -0.25) is 4.79 Å². The Morgan fingerprint density at radius 1 is 1.29 bits per heavy atom. The van der Waals surface area contributed by atoms with Crippen LogP contribution in [0.4, 0.5) is 4.39 Å². The van der Waals surface area contributed by atoms with Crippen LogP contribution in [0, 0.1) is 17.2 Å². The molecule has 0 unspecified atom stereocenters. The van der Waals surface area contributed by atoms with Crippen LogP contribution in [0.15, 0.2) is 24.3 Å². The number of likely N-dealkylation sites (tertiary alicyclic amines) is 1. The van der Waals surface area contributed by atoms with Crippen LogP contribution in [0.1, 0.15) is 18.4 Å². The number of amides is 1. The van der Waals surface area contributed by atoms with E-state index in [4.69, 9.17) is 4.74 Å². The molecule has 0 bridgehead atoms. The van der Waals surface area contributed by atoms with Crippen molar-refractivity contribution < 1.29 is 19.0 Å². The summed E-state index contributed by atoms with van der Waals surface area (Å²) in [7, 11) is 0. The number of ether oxygens (including phenoxy) is 1. The van der Waals surface area contributed by atoms with E-state index in [1.165, 1.54) is 12.1 Å². The number of carbonyl (C=O) groups excluding carboxylic acids is 1. The van der Waals surface area contributed by atoms with Gasteiger partial charge in [0.15, 0.2) is 0 Å². The molecule has 2 aliphatic heterocycles. The average molecular weight is 336 g/mol. The van der Waals surface area contributed by atoms with E-state index >= 15 is 0 Å². The Hall–Kier alpha value is -1.50. The highest BCUT2D eigenvalue weighted by Crippen LogP contribution is 2.29. The molecule has 0 aromatic heterocycles. The summed E-state index contributed by atoms with van der Waals surface area (Å²) in [5.74, 6) is -0.165. The highest BCUT2D eigenvalue weighted by molar-refractivity contribution is 5.78. The lowest BCUT2D eigenvalue weighted by atomic mass is 9.85. The summed E-state index contributed by atoms with van der Waals surface area (Å²) in [4.78, 5) is 14.6. The number of rotatable bonds is 6. The van der Waals surface area contributed by atoms with Crippen molar-refractivity contribution in [2.24, 2.45) is 11.3 Å². The maximum atomic E-state index is 12.9. The number of carbonyl (C=O) groups is 1. The van der Waals surface area contributed by atoms with Gasteiger partial charge in [-0.2, -0.15) is 0 Å². The van der Waals surface area contributed by atoms with Crippen molar-refractivity contribution in [3.05, 3.63) is 35.6 Å². The first kappa shape index (κ1) is 17.3. The molecular formula is C18H25FN2O3. The minimum absolute atomic E-state index is 0.0319. The molecule has 2 heterocycles. The second-order valence-electron chi connectivity index (χ2n) is 7.05. The van der Waals surface area contributed by atoms with Gasteiger partial charge in [-0.05, 0) is 43.6 Å². The van der Waals surface area contributed by atoms with Crippen LogP contribution >= 0.6 is 0 Å². The number of halogens is 1. The van der Waals surface area contributed by atoms with Gasteiger partial charge in [0.2, 0.25) is 5.91 Å². The van der Waals surface area contributed by atoms with Gasteiger partial charge in [-0.25, -0.2) is 4.39 Å². The standard InChI is InChI=1S/C18H25FN2O3/c19-16-3-1-14(2-4-16)9-20-17(23)15-5-7-21(8-6-15)10-18(11-22)12-24-13-18/h1-4,15,22H,5-13H2,(H,20,23). The van der Waals surface area contributed by atoms with Crippen LogP contribution in [0.2, 0.25) is 0 Å². The zero-order valence-corrected chi connectivity index (χ0v) is 13.8. The third-order valence-electron chi connectivity index (χ3n) is 5.05. The number of benzene rings is 1. The third-order valence-corrected chi connectivity index (χ3v) is 5.05. The predicted octanol–water partition coefficient (Wildman–Crippen LogP) is 1.16. The molecule has 0 saturated carbocycles. The van der Waals surface area contributed by atoms with Crippen molar-refractivity contribution in [3.8, 4) is 0 Å². The smallest absolute Gasteiger partial charge is 0.223 e. The quantitative estimate of drug-likeness (QED) is 0.818. The maximum Gasteiger partial charge on any atom is 0.223 e. The van der Waals surface area contributed by atoms with Crippen LogP contribution in [-0.4, -0.2) is 55.4 Å². The third kappa shape index (κ3) is 4.12. The van der Waals surface area contributed by atoms with E-state index < -0.39 is 0 Å². The lowest BCUT2D eigenvalue weighted by Crippen LogP contribution is -2.54. The van der Waals surface area contributed by atoms with E-state index in [9.17, 15) is 14.3 Å². The Morgan fingerprint density at radius 3 is 2.50 bits per heavy atom. The summed E-state index contributed by atoms with van der Waals surface area (Å²) in [5.41, 5.74) is 0.801. The van der Waals surface area contributed by atoms with Crippen molar-refractivity contribution in [1.82, 2.24) is 10.2 Å². The van der Waals surface area contributed by atoms with Crippen LogP contribution in [0.25, 0.3) is 0 Å². The normalized spacial score (nSPS) is 21.2. The Balaban J connectivity index is 1.41. The van der Waals surface area contributed by atoms with E-state index in [2.05, 4.69) is 10.2 Å². The zero-order chi connectivity index (χ0) is 17.0. The molecule has 0 aliphatic carbocycles. The molecule has 24 heavy (non-hydrogen) atoms. The van der Waals surface area contributed by atoms with E-state index in [0.29, 0.717) is 19.8 Å². The van der Waals surface area contributed by atoms with E-state index in [1.54, 1.807) is 12.1 Å². The van der Waals surface area contributed by atoms with Crippen LogP contribution in [0.5, 0.6) is 0 Å². The van der Waals surface area contributed by atoms with Crippen molar-refractivity contribution in [1.29, 1.82) is 0 Å². The number of aliphatic hydroxyl groups is 1. The van der Waals surface area contributed by atoms with Gasteiger partial charge in [-0.1, -0.05) is 12.1 Å². The van der Waals surface area contributed by atoms with Crippen molar-refractivity contribution in [2.75, 3.05) is 39.5 Å². The van der Waals surface area contributed by atoms with Gasteiger partial charge < -0.3 is 20.1 Å². The van der Waals surface area contributed by atoms with Crippen LogP contribution < -0.4 is 5.32 Å². The van der Waals surface area contributed by atoms with Gasteiger partial charge in [-0.15, -0.1) is 0 Å². The van der Waals surface area contributed by atoms with Gasteiger partial charge in [0.25, 0.3) is 0 Å². The first-order valence-electron chi connectivity index (χ1n) is 8.53. The minimum Gasteiger partial charge on any atom is -0.396 e. The van der Waals surface area contributed by atoms with Gasteiger partial charge in [0.05, 0.1) is 25.2 Å². The molecule has 0 atom stereocenters. The van der Waals surface area contributed by atoms with E-state index in [0.717, 1.165) is 38.0 Å². The monoisotopic (exact) mass is 336 g/mol. The largest absolute Gasteiger partial charge is 0.396 e. The highest BCUT2D eigenvalue weighted by atomic mass is 19.1. The SMILES string of the molecule is O=C(NCc1ccc(F)cc1)C1CCN(CC2(CO)COC2)CC1. The second kappa shape index (κ2) is 7.59. The topological polar surface area (TPSA) is 61.8 Å². The van der Waals surface area contributed by atoms with Crippen LogP contribution in [-0.2, 0) is 16.1 Å². The Labute approximate surface area is 141 Å². The highest BCUT2D eigenvalue weighted by Gasteiger charge is 2.40. The summed E-state index contributed by atoms with van der Waals surface area (Å²) >= 11 is 0. The molecule has 6 heteroatoms. The number of aliphatic hydroxyl groups excluding tert-OH is 1. The molecule has 2 aliphatic rings. The summed E-state index contributed by atoms with van der Waals surface area (Å²) in [5, 5.41) is 12.5.